The molecule has 0 radical (unpaired) electrons. The molecule has 0 saturated carbocycles. The van der Waals surface area contributed by atoms with Gasteiger partial charge in [-0.3, -0.25) is 0 Å². The molecule has 10 heteroatoms. The van der Waals surface area contributed by atoms with Gasteiger partial charge in [0.15, 0.2) is 0 Å². The number of hydrogen-bond donors (Lipinski definition) is 0. The molecule has 23 heavy (non-hydrogen) atoms. The van der Waals surface area contributed by atoms with Gasteiger partial charge in [0.25, 0.3) is 0 Å². The van der Waals surface area contributed by atoms with Crippen LogP contribution >= 0.6 is 23.4 Å². The summed E-state index contributed by atoms with van der Waals surface area (Å²) >= 11 is 4.83. The first kappa shape index (κ1) is 18.4. The third-order valence-corrected chi connectivity index (χ3v) is 4.93. The first-order valence-corrected chi connectivity index (χ1v) is 7.32. The van der Waals surface area contributed by atoms with Gasteiger partial charge in [0.2, 0.25) is 0 Å². The first-order valence-electron chi connectivity index (χ1n) is 5.96. The molecular weight excluding hydrogens is 376 g/mol. The van der Waals surface area contributed by atoms with Crippen molar-refractivity contribution in [1.82, 2.24) is 0 Å². The van der Waals surface area contributed by atoms with Gasteiger partial charge >= 0.3 is 23.7 Å². The maximum Gasteiger partial charge on any atom is 0.383 e. The van der Waals surface area contributed by atoms with Gasteiger partial charge in [-0.2, -0.15) is 35.1 Å². The molecule has 0 bridgehead atoms. The third kappa shape index (κ3) is 2.52. The highest BCUT2D eigenvalue weighted by Crippen LogP contribution is 2.64. The fraction of sp³-hybridized carbons (Fsp3) is 0.385. The van der Waals surface area contributed by atoms with Crippen molar-refractivity contribution in [3.8, 4) is 0 Å². The van der Waals surface area contributed by atoms with Gasteiger partial charge in [-0.15, -0.1) is 11.8 Å². The lowest BCUT2D eigenvalue weighted by Gasteiger charge is -2.42. The van der Waals surface area contributed by atoms with Gasteiger partial charge in [0.1, 0.15) is 5.03 Å². The Balaban J connectivity index is 2.47. The topological polar surface area (TPSA) is 0 Å². The highest BCUT2D eigenvalue weighted by molar-refractivity contribution is 8.02. The summed E-state index contributed by atoms with van der Waals surface area (Å²) in [5.41, 5.74) is 0.342. The molecule has 0 amide bonds. The Hall–Kier alpha value is -0.960. The van der Waals surface area contributed by atoms with E-state index in [-0.39, 0.29) is 11.8 Å². The highest BCUT2D eigenvalue weighted by Gasteiger charge is 2.86. The van der Waals surface area contributed by atoms with Gasteiger partial charge in [0, 0.05) is 5.75 Å². The summed E-state index contributed by atoms with van der Waals surface area (Å²) in [6.45, 7) is 0. The monoisotopic (exact) mass is 382 g/mol. The van der Waals surface area contributed by atoms with Crippen molar-refractivity contribution >= 4 is 23.4 Å². The van der Waals surface area contributed by atoms with Crippen LogP contribution in [-0.2, 0) is 5.75 Å². The minimum absolute atomic E-state index is 0.125. The lowest BCUT2D eigenvalue weighted by Crippen LogP contribution is -2.66. The van der Waals surface area contributed by atoms with Crippen LogP contribution in [0.3, 0.4) is 0 Å². The Bertz CT molecular complexity index is 626. The van der Waals surface area contributed by atoms with E-state index in [4.69, 9.17) is 11.6 Å². The first-order chi connectivity index (χ1) is 10.4. The fourth-order valence-electron chi connectivity index (χ4n) is 1.84. The quantitative estimate of drug-likeness (QED) is 0.584. The molecule has 1 aromatic rings. The zero-order valence-electron chi connectivity index (χ0n) is 10.9. The number of halogens is 9. The van der Waals surface area contributed by atoms with Crippen LogP contribution in [0.2, 0.25) is 0 Å². The number of alkyl halides is 8. The molecule has 0 unspecified atom stereocenters. The van der Waals surface area contributed by atoms with Crippen LogP contribution in [0.15, 0.2) is 40.3 Å². The van der Waals surface area contributed by atoms with Crippen LogP contribution in [-0.4, -0.2) is 23.7 Å². The molecule has 128 valence electrons. The third-order valence-electron chi connectivity index (χ3n) is 3.17. The molecule has 0 spiro atoms. The van der Waals surface area contributed by atoms with Crippen molar-refractivity contribution in [3.63, 3.8) is 0 Å². The standard InChI is InChI=1S/C13H7ClF8S/c14-8-9(23-6-7-4-2-1-3-5-7)11(17,18)13(21,22)12(19,20)10(8,15)16/h1-5H,6H2. The number of hydrogen-bond acceptors (Lipinski definition) is 1. The summed E-state index contributed by atoms with van der Waals surface area (Å²) in [5, 5.41) is -2.26. The molecule has 0 aliphatic heterocycles. The average Bonchev–Trinajstić information content (AvgIpc) is 2.46. The maximum absolute atomic E-state index is 13.7. The smallest absolute Gasteiger partial charge is 0.193 e. The van der Waals surface area contributed by atoms with Crippen molar-refractivity contribution in [3.05, 3.63) is 45.8 Å². The number of allylic oxidation sites excluding steroid dienone is 2. The number of rotatable bonds is 3. The summed E-state index contributed by atoms with van der Waals surface area (Å²) < 4.78 is 107. The zero-order valence-corrected chi connectivity index (χ0v) is 12.5. The van der Waals surface area contributed by atoms with Gasteiger partial charge in [0.05, 0.1) is 4.91 Å². The Labute approximate surface area is 134 Å². The lowest BCUT2D eigenvalue weighted by molar-refractivity contribution is -0.354. The minimum Gasteiger partial charge on any atom is -0.193 e. The van der Waals surface area contributed by atoms with E-state index in [1.165, 1.54) is 24.3 Å². The van der Waals surface area contributed by atoms with E-state index in [1.54, 1.807) is 6.07 Å². The summed E-state index contributed by atoms with van der Waals surface area (Å²) in [7, 11) is 0. The highest BCUT2D eigenvalue weighted by atomic mass is 35.5. The van der Waals surface area contributed by atoms with Crippen LogP contribution in [0.25, 0.3) is 0 Å². The van der Waals surface area contributed by atoms with Crippen molar-refractivity contribution in [2.45, 2.75) is 29.4 Å². The second-order valence-corrected chi connectivity index (χ2v) is 6.08. The van der Waals surface area contributed by atoms with E-state index in [0.29, 0.717) is 5.56 Å². The van der Waals surface area contributed by atoms with Crippen molar-refractivity contribution in [2.24, 2.45) is 0 Å². The Morgan fingerprint density at radius 2 is 1.26 bits per heavy atom. The summed E-state index contributed by atoms with van der Waals surface area (Å²) in [4.78, 5) is -1.95. The molecule has 0 atom stereocenters. The molecule has 0 fully saturated rings. The molecule has 1 aromatic carbocycles. The van der Waals surface area contributed by atoms with Gasteiger partial charge in [-0.05, 0) is 5.56 Å². The normalized spacial score (nSPS) is 24.6. The molecular formula is C13H7ClF8S. The summed E-state index contributed by atoms with van der Waals surface area (Å²) in [6.07, 6.45) is 0. The zero-order chi connectivity index (χ0) is 17.7. The number of benzene rings is 1. The van der Waals surface area contributed by atoms with Crippen LogP contribution in [0, 0.1) is 0 Å². The minimum atomic E-state index is -6.31. The van der Waals surface area contributed by atoms with E-state index in [9.17, 15) is 35.1 Å². The van der Waals surface area contributed by atoms with Crippen LogP contribution < -0.4 is 0 Å². The summed E-state index contributed by atoms with van der Waals surface area (Å²) in [6, 6.07) is 7.43. The molecule has 0 saturated heterocycles. The van der Waals surface area contributed by atoms with E-state index >= 15 is 0 Å². The Kier molecular flexibility index (Phi) is 4.43. The van der Waals surface area contributed by atoms with E-state index in [2.05, 4.69) is 0 Å². The molecule has 0 N–H and O–H groups in total. The predicted octanol–water partition coefficient (Wildman–Crippen LogP) is 5.93. The maximum atomic E-state index is 13.7. The van der Waals surface area contributed by atoms with E-state index < -0.39 is 39.4 Å². The molecule has 0 heterocycles. The van der Waals surface area contributed by atoms with Crippen LogP contribution in [0.1, 0.15) is 5.56 Å². The van der Waals surface area contributed by atoms with Gasteiger partial charge in [-0.1, -0.05) is 41.9 Å². The Morgan fingerprint density at radius 1 is 0.783 bits per heavy atom. The molecule has 1 aliphatic carbocycles. The van der Waals surface area contributed by atoms with Crippen molar-refractivity contribution < 1.29 is 35.1 Å². The predicted molar refractivity (Wildman–Crippen MR) is 70.4 cm³/mol. The van der Waals surface area contributed by atoms with Crippen molar-refractivity contribution in [1.29, 1.82) is 0 Å². The largest absolute Gasteiger partial charge is 0.383 e. The molecule has 2 rings (SSSR count). The summed E-state index contributed by atoms with van der Waals surface area (Å²) in [5.74, 6) is -24.1. The fourth-order valence-corrected chi connectivity index (χ4v) is 3.31. The van der Waals surface area contributed by atoms with E-state index in [0.717, 1.165) is 0 Å². The molecule has 0 aromatic heterocycles. The number of thioether (sulfide) groups is 1. The van der Waals surface area contributed by atoms with Gasteiger partial charge < -0.3 is 0 Å². The second kappa shape index (κ2) is 5.54. The van der Waals surface area contributed by atoms with Gasteiger partial charge in [-0.25, -0.2) is 0 Å². The second-order valence-electron chi connectivity index (χ2n) is 4.71. The SMILES string of the molecule is FC1(F)C(Cl)=C(SCc2ccccc2)C(F)(F)C(F)(F)C1(F)F. The van der Waals surface area contributed by atoms with Crippen molar-refractivity contribution in [2.75, 3.05) is 0 Å². The van der Waals surface area contributed by atoms with Crippen LogP contribution in [0.4, 0.5) is 35.1 Å². The average molecular weight is 383 g/mol. The lowest BCUT2D eigenvalue weighted by atomic mass is 9.91. The van der Waals surface area contributed by atoms with Crippen LogP contribution in [0.5, 0.6) is 0 Å². The Morgan fingerprint density at radius 3 is 1.78 bits per heavy atom. The molecule has 1 aliphatic rings. The molecule has 0 nitrogen and oxygen atoms in total. The van der Waals surface area contributed by atoms with E-state index in [1.807, 2.05) is 0 Å².